The standard InChI is InChI=1S/C17H25NO6/c1-7-23-16(21)14-11(8-9-12(19)22-6)13(10(2)18-14)15(20)24-17(3,4)5/h18H,7-9H2,1-6H3. The van der Waals surface area contributed by atoms with E-state index in [0.29, 0.717) is 11.3 Å². The minimum atomic E-state index is -0.676. The van der Waals surface area contributed by atoms with Gasteiger partial charge in [0.2, 0.25) is 0 Å². The van der Waals surface area contributed by atoms with Gasteiger partial charge < -0.3 is 19.2 Å². The van der Waals surface area contributed by atoms with E-state index < -0.39 is 23.5 Å². The molecule has 0 aromatic carbocycles. The average Bonchev–Trinajstić information content (AvgIpc) is 2.80. The van der Waals surface area contributed by atoms with Crippen molar-refractivity contribution in [2.75, 3.05) is 13.7 Å². The minimum Gasteiger partial charge on any atom is -0.469 e. The molecule has 0 saturated carbocycles. The first-order valence-electron chi connectivity index (χ1n) is 7.79. The first-order valence-corrected chi connectivity index (χ1v) is 7.79. The summed E-state index contributed by atoms with van der Waals surface area (Å²) in [5.74, 6) is -1.55. The molecule has 1 aromatic rings. The zero-order chi connectivity index (χ0) is 18.5. The second kappa shape index (κ2) is 7.99. The third-order valence-corrected chi connectivity index (χ3v) is 3.18. The van der Waals surface area contributed by atoms with Crippen LogP contribution in [0.2, 0.25) is 0 Å². The van der Waals surface area contributed by atoms with Crippen LogP contribution in [-0.4, -0.2) is 42.2 Å². The van der Waals surface area contributed by atoms with Crippen LogP contribution in [0.1, 0.15) is 66.2 Å². The van der Waals surface area contributed by atoms with Gasteiger partial charge in [-0.2, -0.15) is 0 Å². The molecule has 7 nitrogen and oxygen atoms in total. The third-order valence-electron chi connectivity index (χ3n) is 3.18. The molecular formula is C17H25NO6. The summed E-state index contributed by atoms with van der Waals surface area (Å²) in [4.78, 5) is 39.0. The van der Waals surface area contributed by atoms with Crippen LogP contribution in [0.4, 0.5) is 0 Å². The van der Waals surface area contributed by atoms with Crippen molar-refractivity contribution in [3.8, 4) is 0 Å². The Morgan fingerprint density at radius 1 is 1.12 bits per heavy atom. The van der Waals surface area contributed by atoms with Crippen LogP contribution in [0.15, 0.2) is 0 Å². The number of aromatic nitrogens is 1. The highest BCUT2D eigenvalue weighted by Gasteiger charge is 2.29. The van der Waals surface area contributed by atoms with Crippen LogP contribution in [0.5, 0.6) is 0 Å². The smallest absolute Gasteiger partial charge is 0.355 e. The molecule has 0 aliphatic rings. The van der Waals surface area contributed by atoms with Gasteiger partial charge in [0.15, 0.2) is 0 Å². The van der Waals surface area contributed by atoms with Gasteiger partial charge in [-0.05, 0) is 46.6 Å². The molecule has 0 saturated heterocycles. The molecule has 0 amide bonds. The number of hydrogen-bond acceptors (Lipinski definition) is 6. The number of aryl methyl sites for hydroxylation is 1. The average molecular weight is 339 g/mol. The van der Waals surface area contributed by atoms with E-state index in [2.05, 4.69) is 9.72 Å². The Morgan fingerprint density at radius 3 is 2.25 bits per heavy atom. The van der Waals surface area contributed by atoms with Crippen LogP contribution < -0.4 is 0 Å². The van der Waals surface area contributed by atoms with E-state index in [1.165, 1.54) is 7.11 Å². The quantitative estimate of drug-likeness (QED) is 0.632. The molecule has 0 atom stereocenters. The number of carbonyl (C=O) groups excluding carboxylic acids is 3. The molecule has 0 radical (unpaired) electrons. The summed E-state index contributed by atoms with van der Waals surface area (Å²) in [7, 11) is 1.28. The molecule has 0 aliphatic carbocycles. The van der Waals surface area contributed by atoms with Gasteiger partial charge in [-0.3, -0.25) is 4.79 Å². The number of hydrogen-bond donors (Lipinski definition) is 1. The second-order valence-corrected chi connectivity index (χ2v) is 6.28. The maximum Gasteiger partial charge on any atom is 0.355 e. The zero-order valence-electron chi connectivity index (χ0n) is 15.1. The van der Waals surface area contributed by atoms with Crippen molar-refractivity contribution < 1.29 is 28.6 Å². The van der Waals surface area contributed by atoms with E-state index in [-0.39, 0.29) is 30.7 Å². The lowest BCUT2D eigenvalue weighted by Gasteiger charge is -2.20. The maximum absolute atomic E-state index is 12.5. The van der Waals surface area contributed by atoms with E-state index in [1.807, 2.05) is 0 Å². The van der Waals surface area contributed by atoms with E-state index >= 15 is 0 Å². The van der Waals surface area contributed by atoms with E-state index in [1.54, 1.807) is 34.6 Å². The Hall–Kier alpha value is -2.31. The first kappa shape index (κ1) is 19.7. The fourth-order valence-corrected chi connectivity index (χ4v) is 2.24. The highest BCUT2D eigenvalue weighted by Crippen LogP contribution is 2.24. The molecule has 134 valence electrons. The summed E-state index contributed by atoms with van der Waals surface area (Å²) in [6, 6.07) is 0. The molecule has 24 heavy (non-hydrogen) atoms. The molecule has 0 unspecified atom stereocenters. The number of H-pyrrole nitrogens is 1. The van der Waals surface area contributed by atoms with Crippen molar-refractivity contribution in [1.82, 2.24) is 4.98 Å². The predicted molar refractivity (Wildman–Crippen MR) is 87.0 cm³/mol. The maximum atomic E-state index is 12.5. The fraction of sp³-hybridized carbons (Fsp3) is 0.588. The number of rotatable bonds is 6. The largest absolute Gasteiger partial charge is 0.469 e. The summed E-state index contributed by atoms with van der Waals surface area (Å²) in [6.45, 7) is 8.84. The molecular weight excluding hydrogens is 314 g/mol. The van der Waals surface area contributed by atoms with Crippen molar-refractivity contribution in [2.24, 2.45) is 0 Å². The number of methoxy groups -OCH3 is 1. The summed E-state index contributed by atoms with van der Waals surface area (Å²) in [6.07, 6.45) is 0.204. The molecule has 1 N–H and O–H groups in total. The van der Waals surface area contributed by atoms with Gasteiger partial charge in [-0.15, -0.1) is 0 Å². The Bertz CT molecular complexity index is 624. The van der Waals surface area contributed by atoms with Gasteiger partial charge in [0, 0.05) is 12.1 Å². The van der Waals surface area contributed by atoms with Crippen LogP contribution in [0.3, 0.4) is 0 Å². The highest BCUT2D eigenvalue weighted by atomic mass is 16.6. The van der Waals surface area contributed by atoms with Gasteiger partial charge in [0.25, 0.3) is 0 Å². The first-order chi connectivity index (χ1) is 11.1. The van der Waals surface area contributed by atoms with Crippen LogP contribution in [-0.2, 0) is 25.4 Å². The molecule has 1 heterocycles. The number of carbonyl (C=O) groups is 3. The number of ether oxygens (including phenoxy) is 3. The normalized spacial score (nSPS) is 11.1. The topological polar surface area (TPSA) is 94.7 Å². The van der Waals surface area contributed by atoms with Crippen molar-refractivity contribution in [3.05, 3.63) is 22.5 Å². The number of aromatic amines is 1. The van der Waals surface area contributed by atoms with E-state index in [9.17, 15) is 14.4 Å². The zero-order valence-corrected chi connectivity index (χ0v) is 15.1. The highest BCUT2D eigenvalue weighted by molar-refractivity contribution is 5.99. The monoisotopic (exact) mass is 339 g/mol. The number of esters is 3. The van der Waals surface area contributed by atoms with Crippen molar-refractivity contribution in [1.29, 1.82) is 0 Å². The van der Waals surface area contributed by atoms with Crippen LogP contribution in [0.25, 0.3) is 0 Å². The van der Waals surface area contributed by atoms with Crippen molar-refractivity contribution in [3.63, 3.8) is 0 Å². The van der Waals surface area contributed by atoms with Gasteiger partial charge in [-0.25, -0.2) is 9.59 Å². The molecule has 0 aliphatic heterocycles. The third kappa shape index (κ3) is 5.11. The predicted octanol–water partition coefficient (Wildman–Crippen LogP) is 2.56. The lowest BCUT2D eigenvalue weighted by molar-refractivity contribution is -0.140. The SMILES string of the molecule is CCOC(=O)c1[nH]c(C)c(C(=O)OC(C)(C)C)c1CCC(=O)OC. The molecule has 0 spiro atoms. The van der Waals surface area contributed by atoms with E-state index in [4.69, 9.17) is 9.47 Å². The lowest BCUT2D eigenvalue weighted by Crippen LogP contribution is -2.25. The summed E-state index contributed by atoms with van der Waals surface area (Å²) < 4.78 is 15.0. The summed E-state index contributed by atoms with van der Waals surface area (Å²) in [5, 5.41) is 0. The second-order valence-electron chi connectivity index (χ2n) is 6.28. The van der Waals surface area contributed by atoms with Crippen LogP contribution >= 0.6 is 0 Å². The lowest BCUT2D eigenvalue weighted by atomic mass is 10.0. The van der Waals surface area contributed by atoms with Gasteiger partial charge in [0.05, 0.1) is 19.3 Å². The van der Waals surface area contributed by atoms with Gasteiger partial charge in [-0.1, -0.05) is 0 Å². The van der Waals surface area contributed by atoms with Gasteiger partial charge >= 0.3 is 17.9 Å². The molecule has 0 bridgehead atoms. The van der Waals surface area contributed by atoms with Gasteiger partial charge in [0.1, 0.15) is 11.3 Å². The van der Waals surface area contributed by atoms with Crippen molar-refractivity contribution >= 4 is 17.9 Å². The summed E-state index contributed by atoms with van der Waals surface area (Å²) >= 11 is 0. The Kier molecular flexibility index (Phi) is 6.57. The minimum absolute atomic E-state index is 0.0377. The van der Waals surface area contributed by atoms with Crippen molar-refractivity contribution in [2.45, 2.75) is 53.1 Å². The molecule has 1 rings (SSSR count). The number of nitrogens with one attached hydrogen (secondary N) is 1. The molecule has 0 fully saturated rings. The molecule has 7 heteroatoms. The molecule has 1 aromatic heterocycles. The fourth-order valence-electron chi connectivity index (χ4n) is 2.24. The Morgan fingerprint density at radius 2 is 1.75 bits per heavy atom. The van der Waals surface area contributed by atoms with E-state index in [0.717, 1.165) is 0 Å². The Labute approximate surface area is 141 Å². The van der Waals surface area contributed by atoms with Crippen LogP contribution in [0, 0.1) is 6.92 Å². The Balaban J connectivity index is 3.27. The summed E-state index contributed by atoms with van der Waals surface area (Å²) in [5.41, 5.74) is 0.651.